The molecule has 1 aromatic carbocycles. The van der Waals surface area contributed by atoms with Crippen molar-refractivity contribution in [3.05, 3.63) is 41.0 Å². The van der Waals surface area contributed by atoms with Crippen molar-refractivity contribution in [2.75, 3.05) is 0 Å². The fourth-order valence-corrected chi connectivity index (χ4v) is 3.77. The summed E-state index contributed by atoms with van der Waals surface area (Å²) in [6, 6.07) is 6.46. The molecule has 0 heterocycles. The van der Waals surface area contributed by atoms with E-state index in [1.54, 1.807) is 0 Å². The van der Waals surface area contributed by atoms with Crippen LogP contribution in [0.4, 0.5) is 0 Å². The molecule has 3 heteroatoms. The number of hydrogen-bond donors (Lipinski definition) is 1. The maximum atomic E-state index is 12.2. The Bertz CT molecular complexity index is 630. The summed E-state index contributed by atoms with van der Waals surface area (Å²) in [5.74, 6) is 0.192. The van der Waals surface area contributed by atoms with Gasteiger partial charge in [-0.3, -0.25) is 9.59 Å². The molecule has 1 fully saturated rings. The first-order valence-corrected chi connectivity index (χ1v) is 9.47. The lowest BCUT2D eigenvalue weighted by atomic mass is 9.89. The second-order valence-electron chi connectivity index (χ2n) is 7.34. The molecule has 0 bridgehead atoms. The van der Waals surface area contributed by atoms with E-state index < -0.39 is 5.97 Å². The average molecular weight is 342 g/mol. The zero-order valence-electron chi connectivity index (χ0n) is 15.5. The minimum Gasteiger partial charge on any atom is -0.481 e. The van der Waals surface area contributed by atoms with Crippen LogP contribution in [-0.2, 0) is 9.59 Å². The summed E-state index contributed by atoms with van der Waals surface area (Å²) in [5.41, 5.74) is 3.78. The van der Waals surface area contributed by atoms with Crippen LogP contribution < -0.4 is 0 Å². The topological polar surface area (TPSA) is 54.4 Å². The van der Waals surface area contributed by atoms with Crippen LogP contribution in [0.5, 0.6) is 0 Å². The molecule has 1 aromatic rings. The number of allylic oxidation sites excluding steroid dienone is 1. The third-order valence-corrected chi connectivity index (χ3v) is 5.26. The van der Waals surface area contributed by atoms with Crippen LogP contribution in [0.25, 0.3) is 6.08 Å². The minimum absolute atomic E-state index is 0.154. The Hall–Kier alpha value is -1.90. The van der Waals surface area contributed by atoms with E-state index in [9.17, 15) is 9.59 Å². The van der Waals surface area contributed by atoms with Crippen LogP contribution in [0, 0.1) is 25.7 Å². The SMILES string of the molecule is Cc1ccc(C=C[C@@H]2CCC(=O)[C@H]2CCCCCCC(=O)O)c(C)c1. The highest BCUT2D eigenvalue weighted by Crippen LogP contribution is 2.34. The fraction of sp³-hybridized carbons (Fsp3) is 0.545. The zero-order chi connectivity index (χ0) is 18.2. The lowest BCUT2D eigenvalue weighted by Crippen LogP contribution is -2.13. The number of carboxylic acid groups (broad SMARTS) is 1. The second kappa shape index (κ2) is 9.55. The van der Waals surface area contributed by atoms with Crippen LogP contribution in [0.1, 0.15) is 68.1 Å². The molecular weight excluding hydrogens is 312 g/mol. The molecule has 2 atom stereocenters. The Morgan fingerprint density at radius 1 is 1.20 bits per heavy atom. The third kappa shape index (κ3) is 6.15. The van der Waals surface area contributed by atoms with E-state index in [-0.39, 0.29) is 12.3 Å². The quantitative estimate of drug-likeness (QED) is 0.617. The monoisotopic (exact) mass is 342 g/mol. The Morgan fingerprint density at radius 3 is 2.68 bits per heavy atom. The molecule has 0 radical (unpaired) electrons. The summed E-state index contributed by atoms with van der Waals surface area (Å²) < 4.78 is 0. The van der Waals surface area contributed by atoms with E-state index in [1.807, 2.05) is 0 Å². The van der Waals surface area contributed by atoms with Gasteiger partial charge in [0, 0.05) is 18.8 Å². The third-order valence-electron chi connectivity index (χ3n) is 5.26. The van der Waals surface area contributed by atoms with E-state index in [0.717, 1.165) is 38.5 Å². The Kier molecular flexibility index (Phi) is 7.42. The van der Waals surface area contributed by atoms with Crippen molar-refractivity contribution in [2.45, 2.75) is 65.2 Å². The lowest BCUT2D eigenvalue weighted by molar-refractivity contribution is -0.137. The van der Waals surface area contributed by atoms with Crippen molar-refractivity contribution in [1.82, 2.24) is 0 Å². The van der Waals surface area contributed by atoms with Crippen LogP contribution in [0.2, 0.25) is 0 Å². The highest BCUT2D eigenvalue weighted by atomic mass is 16.4. The van der Waals surface area contributed by atoms with E-state index in [0.29, 0.717) is 18.1 Å². The first-order chi connectivity index (χ1) is 12.0. The molecule has 0 spiro atoms. The van der Waals surface area contributed by atoms with Crippen molar-refractivity contribution < 1.29 is 14.7 Å². The fourth-order valence-electron chi connectivity index (χ4n) is 3.77. The number of carbonyl (C=O) groups is 2. The lowest BCUT2D eigenvalue weighted by Gasteiger charge is -2.15. The molecule has 1 aliphatic rings. The number of Topliss-reactive ketones (excluding diaryl/α,β-unsaturated/α-hetero) is 1. The largest absolute Gasteiger partial charge is 0.481 e. The number of aryl methyl sites for hydroxylation is 2. The highest BCUT2D eigenvalue weighted by molar-refractivity contribution is 5.84. The molecule has 3 nitrogen and oxygen atoms in total. The second-order valence-corrected chi connectivity index (χ2v) is 7.34. The molecule has 0 unspecified atom stereocenters. The summed E-state index contributed by atoms with van der Waals surface area (Å²) >= 11 is 0. The van der Waals surface area contributed by atoms with E-state index in [1.165, 1.54) is 16.7 Å². The minimum atomic E-state index is -0.720. The van der Waals surface area contributed by atoms with Crippen molar-refractivity contribution in [3.8, 4) is 0 Å². The number of carboxylic acids is 1. The van der Waals surface area contributed by atoms with Crippen LogP contribution in [0.15, 0.2) is 24.3 Å². The Morgan fingerprint density at radius 2 is 1.96 bits per heavy atom. The van der Waals surface area contributed by atoms with E-state index in [2.05, 4.69) is 44.2 Å². The van der Waals surface area contributed by atoms with Gasteiger partial charge in [0.2, 0.25) is 0 Å². The first-order valence-electron chi connectivity index (χ1n) is 9.47. The van der Waals surface area contributed by atoms with Gasteiger partial charge in [-0.05, 0) is 50.2 Å². The van der Waals surface area contributed by atoms with Crippen molar-refractivity contribution in [2.24, 2.45) is 11.8 Å². The summed E-state index contributed by atoms with van der Waals surface area (Å²) in [4.78, 5) is 22.7. The number of carbonyl (C=O) groups excluding carboxylic acids is 1. The van der Waals surface area contributed by atoms with Gasteiger partial charge >= 0.3 is 5.97 Å². The normalized spacial score (nSPS) is 20.5. The smallest absolute Gasteiger partial charge is 0.303 e. The summed E-state index contributed by atoms with van der Waals surface area (Å²) in [5, 5.41) is 8.65. The maximum Gasteiger partial charge on any atom is 0.303 e. The first kappa shape index (κ1) is 19.4. The molecule has 136 valence electrons. The standard InChI is InChI=1S/C22H30O3/c1-16-9-10-18(17(2)15-16)11-12-19-13-14-21(23)20(19)7-5-3-4-6-8-22(24)25/h9-12,15,19-20H,3-8,13-14H2,1-2H3,(H,24,25)/t19-,20+/m1/s1. The Balaban J connectivity index is 1.84. The predicted octanol–water partition coefficient (Wildman–Crippen LogP) is 5.34. The van der Waals surface area contributed by atoms with Gasteiger partial charge in [0.25, 0.3) is 0 Å². The number of ketones is 1. The van der Waals surface area contributed by atoms with Gasteiger partial charge in [0.1, 0.15) is 5.78 Å². The van der Waals surface area contributed by atoms with E-state index >= 15 is 0 Å². The van der Waals surface area contributed by atoms with Crippen molar-refractivity contribution in [1.29, 1.82) is 0 Å². The number of benzene rings is 1. The van der Waals surface area contributed by atoms with Gasteiger partial charge in [-0.15, -0.1) is 0 Å². The number of unbranched alkanes of at least 4 members (excludes halogenated alkanes) is 3. The van der Waals surface area contributed by atoms with Gasteiger partial charge in [-0.1, -0.05) is 55.2 Å². The summed E-state index contributed by atoms with van der Waals surface area (Å²) in [6.45, 7) is 4.23. The highest BCUT2D eigenvalue weighted by Gasteiger charge is 2.32. The molecule has 25 heavy (non-hydrogen) atoms. The van der Waals surface area contributed by atoms with Crippen molar-refractivity contribution in [3.63, 3.8) is 0 Å². The molecule has 0 aromatic heterocycles. The van der Waals surface area contributed by atoms with Gasteiger partial charge in [0.15, 0.2) is 0 Å². The van der Waals surface area contributed by atoms with Crippen LogP contribution in [-0.4, -0.2) is 16.9 Å². The molecule has 1 aliphatic carbocycles. The van der Waals surface area contributed by atoms with Gasteiger partial charge in [-0.25, -0.2) is 0 Å². The Labute approximate surface area is 151 Å². The molecular formula is C22H30O3. The number of aliphatic carboxylic acids is 1. The predicted molar refractivity (Wildman–Crippen MR) is 102 cm³/mol. The van der Waals surface area contributed by atoms with Crippen molar-refractivity contribution >= 4 is 17.8 Å². The average Bonchev–Trinajstić information content (AvgIpc) is 2.90. The molecule has 0 amide bonds. The van der Waals surface area contributed by atoms with Gasteiger partial charge < -0.3 is 5.11 Å². The number of hydrogen-bond acceptors (Lipinski definition) is 2. The van der Waals surface area contributed by atoms with Gasteiger partial charge in [0.05, 0.1) is 0 Å². The van der Waals surface area contributed by atoms with E-state index in [4.69, 9.17) is 5.11 Å². The molecule has 1 N–H and O–H groups in total. The van der Waals surface area contributed by atoms with Gasteiger partial charge in [-0.2, -0.15) is 0 Å². The molecule has 0 saturated heterocycles. The number of rotatable bonds is 9. The molecule has 1 saturated carbocycles. The molecule has 2 rings (SSSR count). The van der Waals surface area contributed by atoms with Crippen LogP contribution >= 0.6 is 0 Å². The maximum absolute atomic E-state index is 12.2. The van der Waals surface area contributed by atoms with Crippen LogP contribution in [0.3, 0.4) is 0 Å². The summed E-state index contributed by atoms with van der Waals surface area (Å²) in [7, 11) is 0. The molecule has 0 aliphatic heterocycles. The summed E-state index contributed by atoms with van der Waals surface area (Å²) in [6.07, 6.45) is 11.0. The zero-order valence-corrected chi connectivity index (χ0v) is 15.5.